The highest BCUT2D eigenvalue weighted by Gasteiger charge is 2.28. The molecular formula is C14H20O4S. The fourth-order valence-corrected chi connectivity index (χ4v) is 3.16. The smallest absolute Gasteiger partial charge is 0.150 e. The maximum absolute atomic E-state index is 11.4. The summed E-state index contributed by atoms with van der Waals surface area (Å²) in [4.78, 5) is 0. The van der Waals surface area contributed by atoms with Crippen LogP contribution in [0, 0.1) is 0 Å². The highest BCUT2D eigenvalue weighted by Crippen LogP contribution is 2.30. The molecule has 2 rings (SSSR count). The highest BCUT2D eigenvalue weighted by molar-refractivity contribution is 7.91. The summed E-state index contributed by atoms with van der Waals surface area (Å²) in [5.74, 6) is 1.13. The van der Waals surface area contributed by atoms with Crippen molar-refractivity contribution in [3.8, 4) is 5.75 Å². The van der Waals surface area contributed by atoms with Crippen LogP contribution >= 0.6 is 0 Å². The molecule has 5 heteroatoms. The van der Waals surface area contributed by atoms with E-state index in [1.54, 1.807) is 6.92 Å². The van der Waals surface area contributed by atoms with Gasteiger partial charge in [0.2, 0.25) is 0 Å². The quantitative estimate of drug-likeness (QED) is 0.861. The highest BCUT2D eigenvalue weighted by atomic mass is 32.2. The molecule has 4 nitrogen and oxygen atoms in total. The Morgan fingerprint density at radius 2 is 2.16 bits per heavy atom. The van der Waals surface area contributed by atoms with Gasteiger partial charge in [0.15, 0.2) is 0 Å². The van der Waals surface area contributed by atoms with Crippen molar-refractivity contribution in [2.45, 2.75) is 38.4 Å². The van der Waals surface area contributed by atoms with Gasteiger partial charge >= 0.3 is 0 Å². The molecule has 2 atom stereocenters. The summed E-state index contributed by atoms with van der Waals surface area (Å²) in [6, 6.07) is 7.74. The molecule has 1 aliphatic heterocycles. The van der Waals surface area contributed by atoms with Crippen molar-refractivity contribution in [1.29, 1.82) is 0 Å². The predicted molar refractivity (Wildman–Crippen MR) is 74.1 cm³/mol. The molecule has 1 aromatic rings. The van der Waals surface area contributed by atoms with Crippen molar-refractivity contribution < 1.29 is 18.3 Å². The van der Waals surface area contributed by atoms with Crippen molar-refractivity contribution in [3.63, 3.8) is 0 Å². The molecule has 0 saturated heterocycles. The SMILES string of the molecule is CCS(=O)(=O)CCCC(O)C1Cc2ccccc2O1. The average Bonchev–Trinajstić information content (AvgIpc) is 2.82. The molecule has 0 bridgehead atoms. The van der Waals surface area contributed by atoms with Gasteiger partial charge in [0.25, 0.3) is 0 Å². The fraction of sp³-hybridized carbons (Fsp3) is 0.571. The summed E-state index contributed by atoms with van der Waals surface area (Å²) < 4.78 is 28.4. The van der Waals surface area contributed by atoms with Crippen molar-refractivity contribution >= 4 is 9.84 Å². The second kappa shape index (κ2) is 5.92. The summed E-state index contributed by atoms with van der Waals surface area (Å²) in [5, 5.41) is 10.1. The van der Waals surface area contributed by atoms with E-state index in [1.807, 2.05) is 24.3 Å². The van der Waals surface area contributed by atoms with E-state index in [0.29, 0.717) is 19.3 Å². The molecule has 1 N–H and O–H groups in total. The molecule has 0 fully saturated rings. The Bertz CT molecular complexity index is 499. The van der Waals surface area contributed by atoms with Crippen LogP contribution in [-0.4, -0.2) is 37.2 Å². The predicted octanol–water partition coefficient (Wildman–Crippen LogP) is 1.57. The zero-order valence-corrected chi connectivity index (χ0v) is 11.9. The maximum Gasteiger partial charge on any atom is 0.150 e. The van der Waals surface area contributed by atoms with Gasteiger partial charge in [-0.3, -0.25) is 0 Å². The van der Waals surface area contributed by atoms with Crippen LogP contribution in [0.1, 0.15) is 25.3 Å². The van der Waals surface area contributed by atoms with Crippen LogP contribution in [0.4, 0.5) is 0 Å². The van der Waals surface area contributed by atoms with Crippen LogP contribution in [0.25, 0.3) is 0 Å². The van der Waals surface area contributed by atoms with Gasteiger partial charge in [-0.15, -0.1) is 0 Å². The van der Waals surface area contributed by atoms with E-state index in [2.05, 4.69) is 0 Å². The molecule has 1 heterocycles. The lowest BCUT2D eigenvalue weighted by Gasteiger charge is -2.17. The molecule has 0 aliphatic carbocycles. The van der Waals surface area contributed by atoms with E-state index >= 15 is 0 Å². The first kappa shape index (κ1) is 14.3. The fourth-order valence-electron chi connectivity index (χ4n) is 2.27. The third-order valence-corrected chi connectivity index (χ3v) is 5.29. The molecule has 1 aliphatic rings. The van der Waals surface area contributed by atoms with Gasteiger partial charge in [-0.2, -0.15) is 0 Å². The number of ether oxygens (including phenoxy) is 1. The first-order chi connectivity index (χ1) is 9.02. The number of rotatable bonds is 6. The Balaban J connectivity index is 1.82. The number of hydrogen-bond acceptors (Lipinski definition) is 4. The Labute approximate surface area is 114 Å². The van der Waals surface area contributed by atoms with Crippen molar-refractivity contribution in [1.82, 2.24) is 0 Å². The lowest BCUT2D eigenvalue weighted by Crippen LogP contribution is -2.30. The Hall–Kier alpha value is -1.07. The van der Waals surface area contributed by atoms with E-state index in [9.17, 15) is 13.5 Å². The number of hydrogen-bond donors (Lipinski definition) is 1. The molecule has 0 amide bonds. The van der Waals surface area contributed by atoms with E-state index in [1.165, 1.54) is 0 Å². The normalized spacial score (nSPS) is 19.8. The van der Waals surface area contributed by atoms with Gasteiger partial charge in [0.05, 0.1) is 11.9 Å². The van der Waals surface area contributed by atoms with Gasteiger partial charge in [-0.05, 0) is 24.5 Å². The average molecular weight is 284 g/mol. The molecule has 0 saturated carbocycles. The van der Waals surface area contributed by atoms with E-state index in [0.717, 1.165) is 11.3 Å². The largest absolute Gasteiger partial charge is 0.487 e. The molecule has 106 valence electrons. The van der Waals surface area contributed by atoms with E-state index < -0.39 is 15.9 Å². The van der Waals surface area contributed by atoms with Crippen LogP contribution < -0.4 is 4.74 Å². The summed E-state index contributed by atoms with van der Waals surface area (Å²) in [6.07, 6.45) is 0.768. The van der Waals surface area contributed by atoms with Crippen LogP contribution in [0.2, 0.25) is 0 Å². The van der Waals surface area contributed by atoms with Crippen LogP contribution in [0.3, 0.4) is 0 Å². The topological polar surface area (TPSA) is 63.6 Å². The van der Waals surface area contributed by atoms with Crippen LogP contribution in [0.15, 0.2) is 24.3 Å². The van der Waals surface area contributed by atoms with Crippen molar-refractivity contribution in [2.75, 3.05) is 11.5 Å². The van der Waals surface area contributed by atoms with Crippen LogP contribution in [0.5, 0.6) is 5.75 Å². The van der Waals surface area contributed by atoms with Crippen molar-refractivity contribution in [3.05, 3.63) is 29.8 Å². The Morgan fingerprint density at radius 3 is 2.84 bits per heavy atom. The molecule has 2 unspecified atom stereocenters. The maximum atomic E-state index is 11.4. The Kier molecular flexibility index (Phi) is 4.47. The summed E-state index contributed by atoms with van der Waals surface area (Å²) >= 11 is 0. The number of fused-ring (bicyclic) bond motifs is 1. The van der Waals surface area contributed by atoms with Gasteiger partial charge in [0, 0.05) is 12.2 Å². The van der Waals surface area contributed by atoms with Gasteiger partial charge in [-0.1, -0.05) is 25.1 Å². The number of aliphatic hydroxyl groups is 1. The number of para-hydroxylation sites is 1. The van der Waals surface area contributed by atoms with Gasteiger partial charge in [0.1, 0.15) is 21.7 Å². The summed E-state index contributed by atoms with van der Waals surface area (Å²) in [7, 11) is -2.94. The third kappa shape index (κ3) is 3.70. The Morgan fingerprint density at radius 1 is 1.42 bits per heavy atom. The lowest BCUT2D eigenvalue weighted by atomic mass is 10.0. The molecular weight excluding hydrogens is 264 g/mol. The zero-order chi connectivity index (χ0) is 13.9. The first-order valence-corrected chi connectivity index (χ1v) is 8.47. The molecule has 0 radical (unpaired) electrons. The summed E-state index contributed by atoms with van der Waals surface area (Å²) in [5.41, 5.74) is 1.10. The molecule has 0 aromatic heterocycles. The summed E-state index contributed by atoms with van der Waals surface area (Å²) in [6.45, 7) is 1.64. The minimum absolute atomic E-state index is 0.139. The second-order valence-electron chi connectivity index (χ2n) is 4.91. The van der Waals surface area contributed by atoms with Crippen molar-refractivity contribution in [2.24, 2.45) is 0 Å². The number of benzene rings is 1. The molecule has 1 aromatic carbocycles. The standard InChI is InChI=1S/C14H20O4S/c1-2-19(16,17)9-5-7-12(15)14-10-11-6-3-4-8-13(11)18-14/h3-4,6,8,12,14-15H,2,5,7,9-10H2,1H3. The number of sulfone groups is 1. The van der Waals surface area contributed by atoms with Gasteiger partial charge < -0.3 is 9.84 Å². The molecule has 19 heavy (non-hydrogen) atoms. The first-order valence-electron chi connectivity index (χ1n) is 6.65. The number of aliphatic hydroxyl groups excluding tert-OH is 1. The van der Waals surface area contributed by atoms with E-state index in [-0.39, 0.29) is 17.6 Å². The van der Waals surface area contributed by atoms with Crippen LogP contribution in [-0.2, 0) is 16.3 Å². The van der Waals surface area contributed by atoms with Gasteiger partial charge in [-0.25, -0.2) is 8.42 Å². The minimum atomic E-state index is -2.94. The minimum Gasteiger partial charge on any atom is -0.487 e. The third-order valence-electron chi connectivity index (χ3n) is 3.50. The van der Waals surface area contributed by atoms with E-state index in [4.69, 9.17) is 4.74 Å². The second-order valence-corrected chi connectivity index (χ2v) is 7.39. The molecule has 0 spiro atoms. The monoisotopic (exact) mass is 284 g/mol. The zero-order valence-electron chi connectivity index (χ0n) is 11.1. The lowest BCUT2D eigenvalue weighted by molar-refractivity contribution is 0.0437.